The van der Waals surface area contributed by atoms with E-state index in [2.05, 4.69) is 49.5 Å². The van der Waals surface area contributed by atoms with Gasteiger partial charge in [-0.3, -0.25) is 0 Å². The lowest BCUT2D eigenvalue weighted by Gasteiger charge is -2.37. The lowest BCUT2D eigenvalue weighted by atomic mass is 9.80. The van der Waals surface area contributed by atoms with Gasteiger partial charge in [-0.2, -0.15) is 0 Å². The van der Waals surface area contributed by atoms with E-state index in [4.69, 9.17) is 4.74 Å². The number of rotatable bonds is 1. The molecule has 2 atom stereocenters. The highest BCUT2D eigenvalue weighted by atomic mass is 16.5. The van der Waals surface area contributed by atoms with Gasteiger partial charge in [0.15, 0.2) is 0 Å². The van der Waals surface area contributed by atoms with Gasteiger partial charge in [-0.1, -0.05) is 30.4 Å². The minimum Gasteiger partial charge on any atom is -0.369 e. The summed E-state index contributed by atoms with van der Waals surface area (Å²) >= 11 is 0. The number of fused-ring (bicyclic) bond motifs is 3. The van der Waals surface area contributed by atoms with Crippen molar-refractivity contribution in [3.05, 3.63) is 41.0 Å². The van der Waals surface area contributed by atoms with Crippen LogP contribution in [0, 0.1) is 0 Å². The zero-order valence-electron chi connectivity index (χ0n) is 10.5. The zero-order valence-corrected chi connectivity index (χ0v) is 10.5. The van der Waals surface area contributed by atoms with Crippen LogP contribution in [0.2, 0.25) is 0 Å². The predicted molar refractivity (Wildman–Crippen MR) is 70.0 cm³/mol. The second-order valence-electron chi connectivity index (χ2n) is 5.20. The highest BCUT2D eigenvalue weighted by molar-refractivity contribution is 5.57. The fourth-order valence-electron chi connectivity index (χ4n) is 3.08. The molecule has 2 aliphatic rings. The molecule has 0 aliphatic carbocycles. The van der Waals surface area contributed by atoms with Crippen LogP contribution in [0.4, 0.5) is 0 Å². The molecular formula is C15H19NO. The summed E-state index contributed by atoms with van der Waals surface area (Å²) in [4.78, 5) is 0. The molecule has 2 aliphatic heterocycles. The molecule has 17 heavy (non-hydrogen) atoms. The van der Waals surface area contributed by atoms with Crippen molar-refractivity contribution >= 4 is 6.08 Å². The van der Waals surface area contributed by atoms with E-state index in [9.17, 15) is 0 Å². The third kappa shape index (κ3) is 1.63. The van der Waals surface area contributed by atoms with E-state index in [1.807, 2.05) is 0 Å². The maximum Gasteiger partial charge on any atom is 0.0863 e. The van der Waals surface area contributed by atoms with Crippen molar-refractivity contribution in [1.82, 2.24) is 5.32 Å². The average Bonchev–Trinajstić information content (AvgIpc) is 2.72. The van der Waals surface area contributed by atoms with E-state index in [0.717, 1.165) is 19.7 Å². The highest BCUT2D eigenvalue weighted by Gasteiger charge is 2.44. The van der Waals surface area contributed by atoms with Crippen LogP contribution in [0.15, 0.2) is 24.3 Å². The minimum absolute atomic E-state index is 0.0123. The summed E-state index contributed by atoms with van der Waals surface area (Å²) in [6, 6.07) is 6.60. The first-order chi connectivity index (χ1) is 8.24. The first kappa shape index (κ1) is 11.0. The first-order valence-electron chi connectivity index (χ1n) is 6.34. The first-order valence-corrected chi connectivity index (χ1v) is 6.34. The predicted octanol–water partition coefficient (Wildman–Crippen LogP) is 2.70. The van der Waals surface area contributed by atoms with Gasteiger partial charge in [-0.25, -0.2) is 0 Å². The molecule has 2 heteroatoms. The Bertz CT molecular complexity index is 466. The zero-order chi connectivity index (χ0) is 11.9. The second kappa shape index (κ2) is 3.97. The average molecular weight is 229 g/mol. The van der Waals surface area contributed by atoms with Crippen LogP contribution < -0.4 is 5.32 Å². The van der Waals surface area contributed by atoms with Gasteiger partial charge in [0.25, 0.3) is 0 Å². The van der Waals surface area contributed by atoms with Crippen LogP contribution in [0.3, 0.4) is 0 Å². The number of hydrogen-bond donors (Lipinski definition) is 1. The Morgan fingerprint density at radius 3 is 3.18 bits per heavy atom. The Kier molecular flexibility index (Phi) is 2.57. The van der Waals surface area contributed by atoms with Crippen LogP contribution in [-0.4, -0.2) is 18.7 Å². The molecule has 0 amide bonds. The molecule has 0 aromatic heterocycles. The summed E-state index contributed by atoms with van der Waals surface area (Å²) in [5, 5.41) is 3.45. The van der Waals surface area contributed by atoms with E-state index < -0.39 is 0 Å². The van der Waals surface area contributed by atoms with E-state index in [1.54, 1.807) is 0 Å². The number of hydrogen-bond acceptors (Lipinski definition) is 2. The van der Waals surface area contributed by atoms with Crippen molar-refractivity contribution in [1.29, 1.82) is 0 Å². The molecule has 2 heterocycles. The molecule has 0 spiro atoms. The van der Waals surface area contributed by atoms with Gasteiger partial charge in [0.05, 0.1) is 12.2 Å². The molecule has 1 saturated heterocycles. The molecule has 0 radical (unpaired) electrons. The molecule has 1 fully saturated rings. The van der Waals surface area contributed by atoms with E-state index in [1.165, 1.54) is 16.7 Å². The number of ether oxygens (including phenoxy) is 1. The van der Waals surface area contributed by atoms with E-state index >= 15 is 0 Å². The topological polar surface area (TPSA) is 21.3 Å². The molecule has 1 N–H and O–H groups in total. The smallest absolute Gasteiger partial charge is 0.0863 e. The standard InChI is InChI=1S/C15H19NO/c1-3-5-11-6-4-7-12-13(11)9-17-15(2)10-16-8-14(12)15/h3-7,14,16H,8-10H2,1-2H3. The second-order valence-corrected chi connectivity index (χ2v) is 5.20. The van der Waals surface area contributed by atoms with Gasteiger partial charge in [0.1, 0.15) is 0 Å². The lowest BCUT2D eigenvalue weighted by Crippen LogP contribution is -2.39. The number of nitrogens with one attached hydrogen (secondary N) is 1. The molecule has 3 rings (SSSR count). The van der Waals surface area contributed by atoms with Crippen LogP contribution in [-0.2, 0) is 11.3 Å². The van der Waals surface area contributed by atoms with Crippen LogP contribution >= 0.6 is 0 Å². The summed E-state index contributed by atoms with van der Waals surface area (Å²) in [7, 11) is 0. The van der Waals surface area contributed by atoms with E-state index in [-0.39, 0.29) is 5.60 Å². The van der Waals surface area contributed by atoms with Crippen molar-refractivity contribution < 1.29 is 4.74 Å². The summed E-state index contributed by atoms with van der Waals surface area (Å²) in [5.74, 6) is 0.497. The van der Waals surface area contributed by atoms with Gasteiger partial charge < -0.3 is 10.1 Å². The molecule has 90 valence electrons. The molecule has 2 nitrogen and oxygen atoms in total. The van der Waals surface area contributed by atoms with Gasteiger partial charge >= 0.3 is 0 Å². The Hall–Kier alpha value is -1.12. The van der Waals surface area contributed by atoms with Crippen LogP contribution in [0.1, 0.15) is 36.5 Å². The third-order valence-corrected chi connectivity index (χ3v) is 4.08. The van der Waals surface area contributed by atoms with Crippen molar-refractivity contribution in [3.63, 3.8) is 0 Å². The van der Waals surface area contributed by atoms with Crippen LogP contribution in [0.5, 0.6) is 0 Å². The maximum atomic E-state index is 6.11. The van der Waals surface area contributed by atoms with Gasteiger partial charge in [-0.15, -0.1) is 0 Å². The van der Waals surface area contributed by atoms with Crippen molar-refractivity contribution in [2.75, 3.05) is 13.1 Å². The third-order valence-electron chi connectivity index (χ3n) is 4.08. The molecule has 2 unspecified atom stereocenters. The van der Waals surface area contributed by atoms with Crippen molar-refractivity contribution in [2.24, 2.45) is 0 Å². The number of benzene rings is 1. The molecular weight excluding hydrogens is 210 g/mol. The Morgan fingerprint density at radius 1 is 1.47 bits per heavy atom. The largest absolute Gasteiger partial charge is 0.369 e. The van der Waals surface area contributed by atoms with Crippen molar-refractivity contribution in [3.8, 4) is 0 Å². The molecule has 0 bridgehead atoms. The van der Waals surface area contributed by atoms with Crippen LogP contribution in [0.25, 0.3) is 6.08 Å². The van der Waals surface area contributed by atoms with Gasteiger partial charge in [-0.05, 0) is 30.5 Å². The summed E-state index contributed by atoms with van der Waals surface area (Å²) in [6.45, 7) is 7.02. The highest BCUT2D eigenvalue weighted by Crippen LogP contribution is 2.42. The fourth-order valence-corrected chi connectivity index (χ4v) is 3.08. The normalized spacial score (nSPS) is 31.5. The Morgan fingerprint density at radius 2 is 2.35 bits per heavy atom. The lowest BCUT2D eigenvalue weighted by molar-refractivity contribution is -0.0518. The molecule has 1 aromatic rings. The fraction of sp³-hybridized carbons (Fsp3) is 0.467. The van der Waals surface area contributed by atoms with E-state index in [0.29, 0.717) is 5.92 Å². The quantitative estimate of drug-likeness (QED) is 0.799. The molecule has 0 saturated carbocycles. The summed E-state index contributed by atoms with van der Waals surface area (Å²) < 4.78 is 6.11. The monoisotopic (exact) mass is 229 g/mol. The Balaban J connectivity index is 2.10. The molecule has 1 aromatic carbocycles. The maximum absolute atomic E-state index is 6.11. The number of allylic oxidation sites excluding steroid dienone is 1. The SMILES string of the molecule is CC=Cc1cccc2c1COC1(C)CNCC21. The van der Waals surface area contributed by atoms with Crippen molar-refractivity contribution in [2.45, 2.75) is 32.0 Å². The Labute approximate surface area is 103 Å². The van der Waals surface area contributed by atoms with Gasteiger partial charge in [0, 0.05) is 19.0 Å². The van der Waals surface area contributed by atoms with Gasteiger partial charge in [0.2, 0.25) is 0 Å². The summed E-state index contributed by atoms with van der Waals surface area (Å²) in [6.07, 6.45) is 4.27. The summed E-state index contributed by atoms with van der Waals surface area (Å²) in [5.41, 5.74) is 4.14. The minimum atomic E-state index is -0.0123.